The van der Waals surface area contributed by atoms with Crippen LogP contribution in [0.2, 0.25) is 0 Å². The van der Waals surface area contributed by atoms with Crippen molar-refractivity contribution in [3.8, 4) is 0 Å². The molecule has 0 bridgehead atoms. The SMILES string of the molecule is O=CC1=COC2CCC(Br)CC2C1=O. The molecular formula is C10H11BrO3. The third-order valence-electron chi connectivity index (χ3n) is 2.84. The Bertz CT molecular complexity index is 298. The largest absolute Gasteiger partial charge is 0.496 e. The fourth-order valence-corrected chi connectivity index (χ4v) is 2.72. The third kappa shape index (κ3) is 1.63. The van der Waals surface area contributed by atoms with Crippen molar-refractivity contribution in [2.45, 2.75) is 30.2 Å². The Balaban J connectivity index is 2.19. The molecule has 4 heteroatoms. The van der Waals surface area contributed by atoms with E-state index in [9.17, 15) is 9.59 Å². The highest BCUT2D eigenvalue weighted by Crippen LogP contribution is 2.35. The van der Waals surface area contributed by atoms with Gasteiger partial charge in [0.25, 0.3) is 0 Å². The first-order valence-electron chi connectivity index (χ1n) is 4.71. The highest BCUT2D eigenvalue weighted by atomic mass is 79.9. The standard InChI is InChI=1S/C10H11BrO3/c11-7-1-2-9-8(3-7)10(13)6(4-12)5-14-9/h4-5,7-9H,1-3H2. The van der Waals surface area contributed by atoms with Gasteiger partial charge in [-0.2, -0.15) is 0 Å². The second kappa shape index (κ2) is 3.85. The molecule has 1 fully saturated rings. The average molecular weight is 259 g/mol. The predicted molar refractivity (Wildman–Crippen MR) is 54.1 cm³/mol. The highest BCUT2D eigenvalue weighted by molar-refractivity contribution is 9.09. The van der Waals surface area contributed by atoms with Crippen LogP contribution in [0.25, 0.3) is 0 Å². The number of carbonyl (C=O) groups is 2. The summed E-state index contributed by atoms with van der Waals surface area (Å²) in [6, 6.07) is 0. The number of ketones is 1. The maximum Gasteiger partial charge on any atom is 0.176 e. The van der Waals surface area contributed by atoms with Crippen molar-refractivity contribution in [2.75, 3.05) is 0 Å². The van der Waals surface area contributed by atoms with E-state index in [4.69, 9.17) is 4.74 Å². The molecule has 3 nitrogen and oxygen atoms in total. The van der Waals surface area contributed by atoms with Crippen LogP contribution in [0.5, 0.6) is 0 Å². The second-order valence-electron chi connectivity index (χ2n) is 3.75. The van der Waals surface area contributed by atoms with Crippen LogP contribution >= 0.6 is 15.9 Å². The lowest BCUT2D eigenvalue weighted by Crippen LogP contribution is -2.39. The lowest BCUT2D eigenvalue weighted by Gasteiger charge is -2.35. The molecule has 0 radical (unpaired) electrons. The molecule has 0 aromatic rings. The van der Waals surface area contributed by atoms with Crippen LogP contribution < -0.4 is 0 Å². The van der Waals surface area contributed by atoms with Gasteiger partial charge in [-0.25, -0.2) is 0 Å². The summed E-state index contributed by atoms with van der Waals surface area (Å²) in [7, 11) is 0. The van der Waals surface area contributed by atoms with Crippen molar-refractivity contribution in [3.05, 3.63) is 11.8 Å². The number of hydrogen-bond donors (Lipinski definition) is 0. The first-order valence-corrected chi connectivity index (χ1v) is 5.63. The average Bonchev–Trinajstić information content (AvgIpc) is 2.20. The van der Waals surface area contributed by atoms with E-state index in [2.05, 4.69) is 15.9 Å². The van der Waals surface area contributed by atoms with Crippen LogP contribution in [0.4, 0.5) is 0 Å². The molecule has 0 N–H and O–H groups in total. The van der Waals surface area contributed by atoms with Crippen LogP contribution in [0.15, 0.2) is 11.8 Å². The van der Waals surface area contributed by atoms with Gasteiger partial charge < -0.3 is 4.74 Å². The normalized spacial score (nSPS) is 36.8. The molecule has 76 valence electrons. The van der Waals surface area contributed by atoms with Crippen molar-refractivity contribution in [1.29, 1.82) is 0 Å². The summed E-state index contributed by atoms with van der Waals surface area (Å²) < 4.78 is 5.37. The predicted octanol–water partition coefficient (Wildman–Crippen LogP) is 1.60. The van der Waals surface area contributed by atoms with Gasteiger partial charge in [0.2, 0.25) is 0 Å². The van der Waals surface area contributed by atoms with Gasteiger partial charge in [0.05, 0.1) is 17.8 Å². The maximum absolute atomic E-state index is 11.7. The summed E-state index contributed by atoms with van der Waals surface area (Å²) >= 11 is 3.50. The number of hydrogen-bond acceptors (Lipinski definition) is 3. The summed E-state index contributed by atoms with van der Waals surface area (Å²) in [4.78, 5) is 22.7. The molecule has 1 aliphatic heterocycles. The number of halogens is 1. The van der Waals surface area contributed by atoms with Crippen molar-refractivity contribution < 1.29 is 14.3 Å². The van der Waals surface area contributed by atoms with E-state index < -0.39 is 0 Å². The van der Waals surface area contributed by atoms with Crippen molar-refractivity contribution in [3.63, 3.8) is 0 Å². The Hall–Kier alpha value is -0.640. The van der Waals surface area contributed by atoms with Gasteiger partial charge in [0.15, 0.2) is 12.1 Å². The second-order valence-corrected chi connectivity index (χ2v) is 5.04. The van der Waals surface area contributed by atoms with Crippen molar-refractivity contribution in [2.24, 2.45) is 5.92 Å². The van der Waals surface area contributed by atoms with E-state index in [0.717, 1.165) is 19.3 Å². The quantitative estimate of drug-likeness (QED) is 0.408. The summed E-state index contributed by atoms with van der Waals surface area (Å²) in [5.74, 6) is -0.182. The van der Waals surface area contributed by atoms with Gasteiger partial charge in [-0.15, -0.1) is 0 Å². The van der Waals surface area contributed by atoms with Gasteiger partial charge in [0, 0.05) is 4.83 Å². The van der Waals surface area contributed by atoms with Gasteiger partial charge in [-0.05, 0) is 19.3 Å². The first kappa shape index (κ1) is 9.90. The summed E-state index contributed by atoms with van der Waals surface area (Å²) in [6.45, 7) is 0. The van der Waals surface area contributed by atoms with Crippen molar-refractivity contribution >= 4 is 28.0 Å². The molecule has 1 aliphatic carbocycles. The molecule has 0 aromatic carbocycles. The summed E-state index contributed by atoms with van der Waals surface area (Å²) in [5.41, 5.74) is 0.174. The number of carbonyl (C=O) groups excluding carboxylic acids is 2. The number of allylic oxidation sites excluding steroid dienone is 1. The number of aldehydes is 1. The number of rotatable bonds is 1. The van der Waals surface area contributed by atoms with Gasteiger partial charge in [-0.3, -0.25) is 9.59 Å². The summed E-state index contributed by atoms with van der Waals surface area (Å²) in [5, 5.41) is 0. The fraction of sp³-hybridized carbons (Fsp3) is 0.600. The van der Waals surface area contributed by atoms with Crippen LogP contribution in [0.3, 0.4) is 0 Å². The lowest BCUT2D eigenvalue weighted by atomic mass is 9.80. The lowest BCUT2D eigenvalue weighted by molar-refractivity contribution is -0.128. The van der Waals surface area contributed by atoms with E-state index >= 15 is 0 Å². The smallest absolute Gasteiger partial charge is 0.176 e. The van der Waals surface area contributed by atoms with Gasteiger partial charge >= 0.3 is 0 Å². The van der Waals surface area contributed by atoms with E-state index in [1.54, 1.807) is 0 Å². The minimum atomic E-state index is -0.127. The van der Waals surface area contributed by atoms with E-state index in [1.165, 1.54) is 6.26 Å². The first-order chi connectivity index (χ1) is 6.72. The molecule has 2 rings (SSSR count). The Labute approximate surface area is 90.6 Å². The van der Waals surface area contributed by atoms with E-state index in [1.807, 2.05) is 0 Å². The molecule has 1 saturated carbocycles. The van der Waals surface area contributed by atoms with Crippen LogP contribution in [-0.4, -0.2) is 23.0 Å². The molecule has 3 atom stereocenters. The number of Topliss-reactive ketones (excluding diaryl/α,β-unsaturated/α-hetero) is 1. The van der Waals surface area contributed by atoms with Crippen LogP contribution in [0, 0.1) is 5.92 Å². The Morgan fingerprint density at radius 3 is 3.00 bits per heavy atom. The molecule has 0 aromatic heterocycles. The molecule has 14 heavy (non-hydrogen) atoms. The molecular weight excluding hydrogens is 248 g/mol. The molecule has 2 aliphatic rings. The van der Waals surface area contributed by atoms with E-state index in [0.29, 0.717) is 11.1 Å². The summed E-state index contributed by atoms with van der Waals surface area (Å²) in [6.07, 6.45) is 4.56. The third-order valence-corrected chi connectivity index (χ3v) is 3.67. The molecule has 0 saturated heterocycles. The molecule has 1 heterocycles. The topological polar surface area (TPSA) is 43.4 Å². The molecule has 0 amide bonds. The van der Waals surface area contributed by atoms with Crippen LogP contribution in [0.1, 0.15) is 19.3 Å². The fourth-order valence-electron chi connectivity index (χ4n) is 2.05. The Morgan fingerprint density at radius 2 is 2.29 bits per heavy atom. The zero-order valence-corrected chi connectivity index (χ0v) is 9.20. The Morgan fingerprint density at radius 1 is 1.50 bits per heavy atom. The molecule has 3 unspecified atom stereocenters. The zero-order valence-electron chi connectivity index (χ0n) is 7.61. The number of alkyl halides is 1. The minimum Gasteiger partial charge on any atom is -0.496 e. The van der Waals surface area contributed by atoms with Crippen LogP contribution in [-0.2, 0) is 14.3 Å². The molecule has 0 spiro atoms. The number of ether oxygens (including phenoxy) is 1. The maximum atomic E-state index is 11.7. The van der Waals surface area contributed by atoms with Gasteiger partial charge in [-0.1, -0.05) is 15.9 Å². The Kier molecular flexibility index (Phi) is 2.72. The van der Waals surface area contributed by atoms with E-state index in [-0.39, 0.29) is 23.4 Å². The monoisotopic (exact) mass is 258 g/mol. The van der Waals surface area contributed by atoms with Gasteiger partial charge in [0.1, 0.15) is 6.10 Å². The minimum absolute atomic E-state index is 0.0139. The number of fused-ring (bicyclic) bond motifs is 1. The zero-order chi connectivity index (χ0) is 10.1. The van der Waals surface area contributed by atoms with Crippen molar-refractivity contribution in [1.82, 2.24) is 0 Å². The highest BCUT2D eigenvalue weighted by Gasteiger charge is 2.39.